The van der Waals surface area contributed by atoms with Crippen molar-refractivity contribution in [3.8, 4) is 0 Å². The van der Waals surface area contributed by atoms with Crippen molar-refractivity contribution in [1.82, 2.24) is 4.90 Å². The molecule has 1 N–H and O–H groups in total. The highest BCUT2D eigenvalue weighted by Crippen LogP contribution is 1.91. The Morgan fingerprint density at radius 3 is 2.27 bits per heavy atom. The molecule has 0 radical (unpaired) electrons. The minimum atomic E-state index is -4.30. The number of aliphatic hydroxyl groups excluding tert-OH is 1. The van der Waals surface area contributed by atoms with Crippen LogP contribution in [0, 0.1) is 0 Å². The van der Waals surface area contributed by atoms with E-state index in [0.29, 0.717) is 0 Å². The fourth-order valence-electron chi connectivity index (χ4n) is 0.710. The van der Waals surface area contributed by atoms with Crippen molar-refractivity contribution < 1.29 is 18.1 Å². The molecular formula is C5H12NO4S-. The first kappa shape index (κ1) is 10.8. The molecule has 0 spiro atoms. The maximum Gasteiger partial charge on any atom is 0.0972 e. The Morgan fingerprint density at radius 1 is 1.55 bits per heavy atom. The van der Waals surface area contributed by atoms with E-state index in [4.69, 9.17) is 5.11 Å². The normalized spacial score (nSPS) is 15.4. The van der Waals surface area contributed by atoms with Crippen LogP contribution in [0.1, 0.15) is 0 Å². The number of likely N-dealkylation sites (N-methyl/N-ethyl adjacent to an activating group) is 1. The van der Waals surface area contributed by atoms with E-state index >= 15 is 0 Å². The zero-order valence-electron chi connectivity index (χ0n) is 6.52. The van der Waals surface area contributed by atoms with E-state index in [1.807, 2.05) is 0 Å². The smallest absolute Gasteiger partial charge is 0.0972 e. The van der Waals surface area contributed by atoms with Crippen molar-refractivity contribution >= 4 is 10.1 Å². The molecule has 0 rings (SSSR count). The Balaban J connectivity index is 3.80. The van der Waals surface area contributed by atoms with Gasteiger partial charge in [0, 0.05) is 6.54 Å². The summed E-state index contributed by atoms with van der Waals surface area (Å²) >= 11 is 0. The minimum absolute atomic E-state index is 0.182. The average Bonchev–Trinajstić information content (AvgIpc) is 1.53. The highest BCUT2D eigenvalue weighted by Gasteiger charge is 2.08. The third-order valence-electron chi connectivity index (χ3n) is 0.972. The fourth-order valence-corrected chi connectivity index (χ4v) is 1.29. The molecule has 1 unspecified atom stereocenters. The van der Waals surface area contributed by atoms with Gasteiger partial charge < -0.3 is 14.6 Å². The summed E-state index contributed by atoms with van der Waals surface area (Å²) in [4.78, 5) is 1.61. The molecule has 0 aliphatic carbocycles. The Labute approximate surface area is 66.4 Å². The Morgan fingerprint density at radius 2 is 2.00 bits per heavy atom. The molecule has 68 valence electrons. The molecule has 0 saturated heterocycles. The second-order valence-electron chi connectivity index (χ2n) is 2.64. The van der Waals surface area contributed by atoms with E-state index in [-0.39, 0.29) is 6.54 Å². The summed E-state index contributed by atoms with van der Waals surface area (Å²) < 4.78 is 30.3. The van der Waals surface area contributed by atoms with Crippen molar-refractivity contribution in [3.05, 3.63) is 0 Å². The van der Waals surface area contributed by atoms with E-state index in [1.54, 1.807) is 19.0 Å². The van der Waals surface area contributed by atoms with E-state index in [0.717, 1.165) is 0 Å². The summed E-state index contributed by atoms with van der Waals surface area (Å²) in [5.74, 6) is -0.717. The van der Waals surface area contributed by atoms with Crippen LogP contribution in [-0.4, -0.2) is 55.5 Å². The van der Waals surface area contributed by atoms with E-state index in [1.165, 1.54) is 0 Å². The van der Waals surface area contributed by atoms with Gasteiger partial charge in [-0.15, -0.1) is 0 Å². The lowest BCUT2D eigenvalue weighted by Crippen LogP contribution is -2.31. The van der Waals surface area contributed by atoms with Gasteiger partial charge in [0.15, 0.2) is 0 Å². The first-order valence-electron chi connectivity index (χ1n) is 3.07. The molecule has 5 nitrogen and oxygen atoms in total. The van der Waals surface area contributed by atoms with Crippen LogP contribution in [0.4, 0.5) is 0 Å². The summed E-state index contributed by atoms with van der Waals surface area (Å²) in [6.07, 6.45) is -1.09. The van der Waals surface area contributed by atoms with Crippen LogP contribution >= 0.6 is 0 Å². The summed E-state index contributed by atoms with van der Waals surface area (Å²) in [6.45, 7) is 0.182. The maximum absolute atomic E-state index is 10.1. The average molecular weight is 182 g/mol. The predicted molar refractivity (Wildman–Crippen MR) is 39.1 cm³/mol. The van der Waals surface area contributed by atoms with Crippen molar-refractivity contribution in [2.75, 3.05) is 26.4 Å². The molecule has 0 amide bonds. The van der Waals surface area contributed by atoms with Gasteiger partial charge in [0.25, 0.3) is 0 Å². The van der Waals surface area contributed by atoms with Gasteiger partial charge >= 0.3 is 0 Å². The third kappa shape index (κ3) is 7.73. The zero-order valence-corrected chi connectivity index (χ0v) is 7.34. The Bertz CT molecular complexity index is 199. The van der Waals surface area contributed by atoms with Crippen LogP contribution in [0.3, 0.4) is 0 Å². The first-order chi connectivity index (χ1) is 4.81. The van der Waals surface area contributed by atoms with Crippen LogP contribution in [0.2, 0.25) is 0 Å². The standard InChI is InChI=1S/C5H13NO4S/c1-6(2)3-5(7)4-11(8,9)10/h5,7H,3-4H2,1-2H3,(H,8,9,10)/p-1. The Hall–Kier alpha value is -0.170. The van der Waals surface area contributed by atoms with Gasteiger partial charge in [0.2, 0.25) is 0 Å². The van der Waals surface area contributed by atoms with E-state index < -0.39 is 22.0 Å². The molecule has 0 aliphatic heterocycles. The number of nitrogens with zero attached hydrogens (tertiary/aromatic N) is 1. The topological polar surface area (TPSA) is 80.7 Å². The second-order valence-corrected chi connectivity index (χ2v) is 4.09. The molecule has 0 heterocycles. The van der Waals surface area contributed by atoms with Crippen LogP contribution in [0.25, 0.3) is 0 Å². The number of hydrogen-bond donors (Lipinski definition) is 1. The quantitative estimate of drug-likeness (QED) is 0.533. The van der Waals surface area contributed by atoms with Crippen LogP contribution in [0.5, 0.6) is 0 Å². The lowest BCUT2D eigenvalue weighted by molar-refractivity contribution is 0.154. The van der Waals surface area contributed by atoms with Gasteiger partial charge in [0.05, 0.1) is 22.0 Å². The molecule has 0 bridgehead atoms. The molecule has 0 aromatic rings. The summed E-state index contributed by atoms with van der Waals surface area (Å²) in [5, 5.41) is 8.93. The molecule has 0 saturated carbocycles. The molecule has 0 aromatic carbocycles. The molecular weight excluding hydrogens is 170 g/mol. The monoisotopic (exact) mass is 182 g/mol. The van der Waals surface area contributed by atoms with Gasteiger partial charge in [-0.2, -0.15) is 0 Å². The number of aliphatic hydroxyl groups is 1. The van der Waals surface area contributed by atoms with Crippen LogP contribution < -0.4 is 0 Å². The third-order valence-corrected chi connectivity index (χ3v) is 1.77. The maximum atomic E-state index is 10.1. The second kappa shape index (κ2) is 4.01. The summed E-state index contributed by atoms with van der Waals surface area (Å²) in [5.41, 5.74) is 0. The zero-order chi connectivity index (χ0) is 9.07. The molecule has 0 aliphatic rings. The van der Waals surface area contributed by atoms with Crippen LogP contribution in [0.15, 0.2) is 0 Å². The lowest BCUT2D eigenvalue weighted by atomic mass is 10.4. The number of hydrogen-bond acceptors (Lipinski definition) is 5. The van der Waals surface area contributed by atoms with Crippen LogP contribution in [-0.2, 0) is 10.1 Å². The van der Waals surface area contributed by atoms with Gasteiger partial charge in [-0.3, -0.25) is 0 Å². The summed E-state index contributed by atoms with van der Waals surface area (Å²) in [7, 11) is -0.933. The lowest BCUT2D eigenvalue weighted by Gasteiger charge is -2.16. The molecule has 6 heteroatoms. The Kier molecular flexibility index (Phi) is 3.95. The van der Waals surface area contributed by atoms with Crippen molar-refractivity contribution in [1.29, 1.82) is 0 Å². The van der Waals surface area contributed by atoms with E-state index in [9.17, 15) is 13.0 Å². The molecule has 1 atom stereocenters. The highest BCUT2D eigenvalue weighted by atomic mass is 32.2. The van der Waals surface area contributed by atoms with E-state index in [2.05, 4.69) is 0 Å². The minimum Gasteiger partial charge on any atom is -0.748 e. The first-order valence-corrected chi connectivity index (χ1v) is 4.65. The van der Waals surface area contributed by atoms with Gasteiger partial charge in [0.1, 0.15) is 0 Å². The number of rotatable bonds is 4. The highest BCUT2D eigenvalue weighted by molar-refractivity contribution is 7.85. The van der Waals surface area contributed by atoms with Gasteiger partial charge in [-0.1, -0.05) is 0 Å². The SMILES string of the molecule is CN(C)CC(O)CS(=O)(=O)[O-]. The molecule has 0 aromatic heterocycles. The molecule has 11 heavy (non-hydrogen) atoms. The summed E-state index contributed by atoms with van der Waals surface area (Å²) in [6, 6.07) is 0. The predicted octanol–water partition coefficient (Wildman–Crippen LogP) is -1.55. The largest absolute Gasteiger partial charge is 0.748 e. The van der Waals surface area contributed by atoms with Crippen molar-refractivity contribution in [3.63, 3.8) is 0 Å². The van der Waals surface area contributed by atoms with Crippen molar-refractivity contribution in [2.45, 2.75) is 6.10 Å². The van der Waals surface area contributed by atoms with Crippen molar-refractivity contribution in [2.24, 2.45) is 0 Å². The fraction of sp³-hybridized carbons (Fsp3) is 1.00. The van der Waals surface area contributed by atoms with Gasteiger partial charge in [-0.05, 0) is 14.1 Å². The van der Waals surface area contributed by atoms with Gasteiger partial charge in [-0.25, -0.2) is 8.42 Å². The molecule has 0 fully saturated rings.